The molecule has 2 amide bonds. The van der Waals surface area contributed by atoms with E-state index in [9.17, 15) is 19.2 Å². The van der Waals surface area contributed by atoms with Crippen molar-refractivity contribution in [2.45, 2.75) is 51.3 Å². The molecular weight excluding hydrogens is 538 g/mol. The number of carbonyl (C=O) groups is 4. The molecule has 2 aliphatic heterocycles. The third-order valence-electron chi connectivity index (χ3n) is 7.85. The summed E-state index contributed by atoms with van der Waals surface area (Å²) in [6.07, 6.45) is 0.151. The van der Waals surface area contributed by atoms with E-state index in [1.807, 2.05) is 48.2 Å². The Labute approximate surface area is 247 Å². The predicted molar refractivity (Wildman–Crippen MR) is 156 cm³/mol. The number of epoxide rings is 1. The first-order valence-electron chi connectivity index (χ1n) is 14.4. The number of nitrogens with one attached hydrogen (secondary N) is 2. The molecule has 0 bridgehead atoms. The van der Waals surface area contributed by atoms with E-state index in [0.29, 0.717) is 44.2 Å². The minimum absolute atomic E-state index is 0.112. The van der Waals surface area contributed by atoms with E-state index in [2.05, 4.69) is 10.6 Å². The van der Waals surface area contributed by atoms with Crippen LogP contribution in [0, 0.1) is 12.8 Å². The zero-order valence-corrected chi connectivity index (χ0v) is 24.8. The summed E-state index contributed by atoms with van der Waals surface area (Å²) in [6.45, 7) is 8.21. The van der Waals surface area contributed by atoms with Crippen molar-refractivity contribution < 1.29 is 33.4 Å². The van der Waals surface area contributed by atoms with Gasteiger partial charge in [0.2, 0.25) is 11.8 Å². The van der Waals surface area contributed by atoms with Gasteiger partial charge in [0.1, 0.15) is 17.4 Å². The third-order valence-corrected chi connectivity index (χ3v) is 7.85. The number of Topliss-reactive ketones (excluding diaryl/α,β-unsaturated/α-hetero) is 2. The van der Waals surface area contributed by atoms with Crippen LogP contribution in [0.15, 0.2) is 48.5 Å². The number of carbonyl (C=O) groups excluding carboxylic acids is 4. The summed E-state index contributed by atoms with van der Waals surface area (Å²) in [4.78, 5) is 55.2. The normalized spacial score (nSPS) is 20.6. The molecule has 226 valence electrons. The highest BCUT2D eigenvalue weighted by Gasteiger charge is 2.50. The highest BCUT2D eigenvalue weighted by Crippen LogP contribution is 2.33. The molecule has 0 aliphatic carbocycles. The Morgan fingerprint density at radius 1 is 1.00 bits per heavy atom. The van der Waals surface area contributed by atoms with Crippen LogP contribution in [-0.4, -0.2) is 86.5 Å². The van der Waals surface area contributed by atoms with Crippen LogP contribution in [0.3, 0.4) is 0 Å². The standard InChI is InChI=1S/C32H41N3O7/c1-21-5-9-24(10-6-21)29(30(38)32(3)20-42-32)34-31(39)25(17-23-7-11-26(40-4)12-8-23)18-27(36)22(2)33-28(37)19-35-13-15-41-16-14-35/h5-12,22,25,29H,13-20H2,1-4H3,(H,33,37)(H,34,39). The largest absolute Gasteiger partial charge is 0.497 e. The lowest BCUT2D eigenvalue weighted by molar-refractivity contribution is -0.134. The maximum absolute atomic E-state index is 13.8. The third kappa shape index (κ3) is 8.47. The van der Waals surface area contributed by atoms with Gasteiger partial charge in [-0.25, -0.2) is 0 Å². The van der Waals surface area contributed by atoms with Crippen LogP contribution in [-0.2, 0) is 35.1 Å². The zero-order chi connectivity index (χ0) is 30.3. The molecule has 2 aromatic rings. The van der Waals surface area contributed by atoms with Crippen LogP contribution in [0.25, 0.3) is 0 Å². The molecule has 2 saturated heterocycles. The number of morpholine rings is 1. The number of hydrogen-bond donors (Lipinski definition) is 2. The second-order valence-electron chi connectivity index (χ2n) is 11.3. The number of rotatable bonds is 14. The molecule has 2 fully saturated rings. The first kappa shape index (κ1) is 31.3. The maximum atomic E-state index is 13.8. The number of hydrogen-bond acceptors (Lipinski definition) is 8. The molecule has 2 N–H and O–H groups in total. The quantitative estimate of drug-likeness (QED) is 0.326. The Kier molecular flexibility index (Phi) is 10.5. The van der Waals surface area contributed by atoms with Crippen LogP contribution in [0.5, 0.6) is 5.75 Å². The van der Waals surface area contributed by atoms with Crippen molar-refractivity contribution in [1.29, 1.82) is 0 Å². The molecular formula is C32H41N3O7. The van der Waals surface area contributed by atoms with E-state index in [1.165, 1.54) is 0 Å². The van der Waals surface area contributed by atoms with Gasteiger partial charge in [-0.15, -0.1) is 0 Å². The van der Waals surface area contributed by atoms with Crippen molar-refractivity contribution in [2.24, 2.45) is 5.92 Å². The number of nitrogens with zero attached hydrogens (tertiary/aromatic N) is 1. The summed E-state index contributed by atoms with van der Waals surface area (Å²) < 4.78 is 16.0. The summed E-state index contributed by atoms with van der Waals surface area (Å²) in [5, 5.41) is 5.71. The van der Waals surface area contributed by atoms with Gasteiger partial charge >= 0.3 is 0 Å². The number of methoxy groups -OCH3 is 1. The summed E-state index contributed by atoms with van der Waals surface area (Å²) in [7, 11) is 1.57. The van der Waals surface area contributed by atoms with Crippen LogP contribution in [0.2, 0.25) is 0 Å². The molecule has 2 aliphatic rings. The Morgan fingerprint density at radius 3 is 2.24 bits per heavy atom. The lowest BCUT2D eigenvalue weighted by Crippen LogP contribution is -2.48. The summed E-state index contributed by atoms with van der Waals surface area (Å²) in [5.41, 5.74) is 1.55. The summed E-state index contributed by atoms with van der Waals surface area (Å²) in [6, 6.07) is 13.0. The molecule has 0 aromatic heterocycles. The van der Waals surface area contributed by atoms with Gasteiger partial charge < -0.3 is 24.8 Å². The highest BCUT2D eigenvalue weighted by molar-refractivity contribution is 5.98. The fourth-order valence-electron chi connectivity index (χ4n) is 4.93. The van der Waals surface area contributed by atoms with Gasteiger partial charge in [-0.2, -0.15) is 0 Å². The zero-order valence-electron chi connectivity index (χ0n) is 24.8. The highest BCUT2D eigenvalue weighted by atomic mass is 16.6. The van der Waals surface area contributed by atoms with Gasteiger partial charge in [0, 0.05) is 25.4 Å². The number of ether oxygens (including phenoxy) is 3. The van der Waals surface area contributed by atoms with Crippen molar-refractivity contribution in [3.8, 4) is 5.75 Å². The molecule has 4 atom stereocenters. The van der Waals surface area contributed by atoms with Crippen LogP contribution < -0.4 is 15.4 Å². The van der Waals surface area contributed by atoms with Gasteiger partial charge in [0.05, 0.1) is 39.5 Å². The molecule has 2 aromatic carbocycles. The Balaban J connectivity index is 1.49. The minimum atomic E-state index is -0.955. The van der Waals surface area contributed by atoms with Crippen molar-refractivity contribution >= 4 is 23.4 Å². The van der Waals surface area contributed by atoms with E-state index in [1.54, 1.807) is 33.1 Å². The average molecular weight is 580 g/mol. The van der Waals surface area contributed by atoms with E-state index >= 15 is 0 Å². The SMILES string of the molecule is COc1ccc(CC(CC(=O)C(C)NC(=O)CN2CCOCC2)C(=O)NC(C(=O)C2(C)CO2)c2ccc(C)cc2)cc1. The first-order valence-corrected chi connectivity index (χ1v) is 14.4. The van der Waals surface area contributed by atoms with E-state index in [-0.39, 0.29) is 36.9 Å². The molecule has 2 heterocycles. The topological polar surface area (TPSA) is 127 Å². The molecule has 10 nitrogen and oxygen atoms in total. The van der Waals surface area contributed by atoms with E-state index < -0.39 is 29.5 Å². The van der Waals surface area contributed by atoms with Crippen LogP contribution in [0.4, 0.5) is 0 Å². The number of ketones is 2. The molecule has 42 heavy (non-hydrogen) atoms. The fraction of sp³-hybridized carbons (Fsp3) is 0.500. The number of benzene rings is 2. The van der Waals surface area contributed by atoms with Gasteiger partial charge in [0.25, 0.3) is 0 Å². The molecule has 0 radical (unpaired) electrons. The lowest BCUT2D eigenvalue weighted by Gasteiger charge is -2.27. The Hall–Kier alpha value is -3.60. The predicted octanol–water partition coefficient (Wildman–Crippen LogP) is 2.17. The molecule has 0 saturated carbocycles. The van der Waals surface area contributed by atoms with Gasteiger partial charge in [-0.05, 0) is 50.5 Å². The molecule has 10 heteroatoms. The molecule has 4 unspecified atom stereocenters. The van der Waals surface area contributed by atoms with Crippen molar-refractivity contribution in [1.82, 2.24) is 15.5 Å². The number of amides is 2. The molecule has 0 spiro atoms. The average Bonchev–Trinajstić information content (AvgIpc) is 3.74. The van der Waals surface area contributed by atoms with Crippen LogP contribution in [0.1, 0.15) is 43.0 Å². The lowest BCUT2D eigenvalue weighted by atomic mass is 9.89. The maximum Gasteiger partial charge on any atom is 0.234 e. The fourth-order valence-corrected chi connectivity index (χ4v) is 4.93. The smallest absolute Gasteiger partial charge is 0.234 e. The van der Waals surface area contributed by atoms with Crippen molar-refractivity contribution in [3.05, 3.63) is 65.2 Å². The number of aryl methyl sites for hydroxylation is 1. The summed E-state index contributed by atoms with van der Waals surface area (Å²) >= 11 is 0. The summed E-state index contributed by atoms with van der Waals surface area (Å²) in [5.74, 6) is -1.29. The van der Waals surface area contributed by atoms with Gasteiger partial charge in [-0.1, -0.05) is 42.0 Å². The first-order chi connectivity index (χ1) is 20.1. The van der Waals surface area contributed by atoms with E-state index in [4.69, 9.17) is 14.2 Å². The van der Waals surface area contributed by atoms with E-state index in [0.717, 1.165) is 11.1 Å². The van der Waals surface area contributed by atoms with Gasteiger partial charge in [-0.3, -0.25) is 24.1 Å². The van der Waals surface area contributed by atoms with Crippen molar-refractivity contribution in [3.63, 3.8) is 0 Å². The second kappa shape index (κ2) is 14.0. The minimum Gasteiger partial charge on any atom is -0.497 e. The van der Waals surface area contributed by atoms with Gasteiger partial charge in [0.15, 0.2) is 11.6 Å². The second-order valence-corrected chi connectivity index (χ2v) is 11.3. The Bertz CT molecular complexity index is 1250. The molecule has 4 rings (SSSR count). The monoisotopic (exact) mass is 579 g/mol. The van der Waals surface area contributed by atoms with Crippen LogP contribution >= 0.6 is 0 Å². The van der Waals surface area contributed by atoms with Crippen molar-refractivity contribution in [2.75, 3.05) is 46.6 Å². The Morgan fingerprint density at radius 2 is 1.64 bits per heavy atom.